The SMILES string of the molecule is CC1(N)C=CC=C(C(=O)C2=CC(C)(I)C=CC=C2N)C=C1. The van der Waals surface area contributed by atoms with E-state index in [-0.39, 0.29) is 9.20 Å². The number of alkyl halides is 1. The van der Waals surface area contributed by atoms with Crippen LogP contribution in [0.4, 0.5) is 0 Å². The van der Waals surface area contributed by atoms with Crippen molar-refractivity contribution in [2.75, 3.05) is 0 Å². The van der Waals surface area contributed by atoms with Crippen LogP contribution in [0, 0.1) is 0 Å². The lowest BCUT2D eigenvalue weighted by atomic mass is 9.97. The van der Waals surface area contributed by atoms with Gasteiger partial charge in [-0.05, 0) is 19.9 Å². The minimum Gasteiger partial charge on any atom is -0.398 e. The summed E-state index contributed by atoms with van der Waals surface area (Å²) in [6.45, 7) is 3.91. The summed E-state index contributed by atoms with van der Waals surface area (Å²) in [5.74, 6) is -0.0889. The van der Waals surface area contributed by atoms with Gasteiger partial charge in [0.1, 0.15) is 0 Å². The van der Waals surface area contributed by atoms with Crippen LogP contribution in [-0.4, -0.2) is 14.7 Å². The Morgan fingerprint density at radius 1 is 1.14 bits per heavy atom. The van der Waals surface area contributed by atoms with Crippen molar-refractivity contribution < 1.29 is 4.79 Å². The number of halogens is 1. The standard InChI is InChI=1S/C17H19IN2O/c1-16(18)8-4-6-14(19)13(11-16)15(21)12-5-3-9-17(2,20)10-7-12/h3-11H,19-20H2,1-2H3. The molecular formula is C17H19IN2O. The lowest BCUT2D eigenvalue weighted by Crippen LogP contribution is -2.30. The summed E-state index contributed by atoms with van der Waals surface area (Å²) in [6, 6.07) is 0. The molecule has 0 fully saturated rings. The number of Topliss-reactive ketones (excluding diaryl/α,β-unsaturated/α-hetero) is 1. The Bertz CT molecular complexity index is 644. The van der Waals surface area contributed by atoms with Gasteiger partial charge in [-0.25, -0.2) is 0 Å². The maximum Gasteiger partial charge on any atom is 0.194 e. The Balaban J connectivity index is 2.39. The Hall–Kier alpha value is -1.40. The minimum atomic E-state index is -0.545. The zero-order chi connectivity index (χ0) is 15.7. The predicted octanol–water partition coefficient (Wildman–Crippen LogP) is 2.86. The first kappa shape index (κ1) is 16.0. The highest BCUT2D eigenvalue weighted by Crippen LogP contribution is 2.29. The first-order valence-corrected chi connectivity index (χ1v) is 7.78. The number of carbonyl (C=O) groups excluding carboxylic acids is 1. The first-order chi connectivity index (χ1) is 9.70. The molecule has 0 aromatic rings. The molecule has 2 atom stereocenters. The van der Waals surface area contributed by atoms with Crippen molar-refractivity contribution in [3.8, 4) is 0 Å². The van der Waals surface area contributed by atoms with Crippen molar-refractivity contribution in [1.82, 2.24) is 0 Å². The van der Waals surface area contributed by atoms with E-state index in [1.165, 1.54) is 0 Å². The lowest BCUT2D eigenvalue weighted by molar-refractivity contribution is -0.111. The molecule has 0 spiro atoms. The van der Waals surface area contributed by atoms with E-state index in [4.69, 9.17) is 11.5 Å². The van der Waals surface area contributed by atoms with Gasteiger partial charge < -0.3 is 11.5 Å². The van der Waals surface area contributed by atoms with Crippen molar-refractivity contribution in [2.24, 2.45) is 11.5 Å². The Morgan fingerprint density at radius 3 is 2.52 bits per heavy atom. The number of hydrogen-bond acceptors (Lipinski definition) is 3. The predicted molar refractivity (Wildman–Crippen MR) is 95.9 cm³/mol. The van der Waals surface area contributed by atoms with Crippen LogP contribution in [0.15, 0.2) is 71.5 Å². The smallest absolute Gasteiger partial charge is 0.194 e. The molecule has 0 heterocycles. The molecule has 0 aromatic carbocycles. The Kier molecular flexibility index (Phi) is 4.39. The molecule has 2 unspecified atom stereocenters. The third-order valence-corrected chi connectivity index (χ3v) is 3.97. The second-order valence-corrected chi connectivity index (χ2v) is 8.02. The van der Waals surface area contributed by atoms with Gasteiger partial charge in [0.15, 0.2) is 5.78 Å². The van der Waals surface area contributed by atoms with Gasteiger partial charge in [-0.1, -0.05) is 71.2 Å². The molecule has 0 aliphatic heterocycles. The second-order valence-electron chi connectivity index (χ2n) is 5.70. The minimum absolute atomic E-state index is 0.0889. The van der Waals surface area contributed by atoms with Gasteiger partial charge in [-0.2, -0.15) is 0 Å². The average molecular weight is 394 g/mol. The van der Waals surface area contributed by atoms with Crippen molar-refractivity contribution >= 4 is 28.4 Å². The summed E-state index contributed by atoms with van der Waals surface area (Å²) < 4.78 is -0.242. The largest absolute Gasteiger partial charge is 0.398 e. The summed E-state index contributed by atoms with van der Waals surface area (Å²) in [6.07, 6.45) is 16.6. The normalized spacial score (nSPS) is 31.9. The van der Waals surface area contributed by atoms with Gasteiger partial charge in [-0.3, -0.25) is 4.79 Å². The number of ketones is 1. The van der Waals surface area contributed by atoms with Crippen LogP contribution in [0.3, 0.4) is 0 Å². The van der Waals surface area contributed by atoms with Crippen molar-refractivity contribution in [3.05, 3.63) is 71.5 Å². The Labute approximate surface area is 139 Å². The van der Waals surface area contributed by atoms with E-state index in [1.807, 2.05) is 50.3 Å². The van der Waals surface area contributed by atoms with Crippen LogP contribution < -0.4 is 11.5 Å². The van der Waals surface area contributed by atoms with Crippen LogP contribution in [0.25, 0.3) is 0 Å². The average Bonchev–Trinajstić information content (AvgIpc) is 2.63. The maximum atomic E-state index is 12.8. The fourth-order valence-electron chi connectivity index (χ4n) is 2.09. The first-order valence-electron chi connectivity index (χ1n) is 6.70. The third-order valence-electron chi connectivity index (χ3n) is 3.30. The number of hydrogen-bond donors (Lipinski definition) is 2. The van der Waals surface area contributed by atoms with Gasteiger partial charge in [-0.15, -0.1) is 0 Å². The van der Waals surface area contributed by atoms with Crippen LogP contribution in [-0.2, 0) is 4.79 Å². The highest BCUT2D eigenvalue weighted by molar-refractivity contribution is 14.1. The molecule has 110 valence electrons. The summed E-state index contributed by atoms with van der Waals surface area (Å²) >= 11 is 2.28. The highest BCUT2D eigenvalue weighted by atomic mass is 127. The molecule has 21 heavy (non-hydrogen) atoms. The van der Waals surface area contributed by atoms with Crippen molar-refractivity contribution in [2.45, 2.75) is 22.8 Å². The summed E-state index contributed by atoms with van der Waals surface area (Å²) in [4.78, 5) is 12.8. The molecule has 3 nitrogen and oxygen atoms in total. The van der Waals surface area contributed by atoms with Gasteiger partial charge >= 0.3 is 0 Å². The fraction of sp³-hybridized carbons (Fsp3) is 0.235. The maximum absolute atomic E-state index is 12.8. The van der Waals surface area contributed by atoms with Crippen molar-refractivity contribution in [3.63, 3.8) is 0 Å². The fourth-order valence-corrected chi connectivity index (χ4v) is 2.61. The highest BCUT2D eigenvalue weighted by Gasteiger charge is 2.23. The topological polar surface area (TPSA) is 69.1 Å². The zero-order valence-corrected chi connectivity index (χ0v) is 14.3. The van der Waals surface area contributed by atoms with E-state index in [2.05, 4.69) is 22.6 Å². The molecule has 0 saturated carbocycles. The van der Waals surface area contributed by atoms with Crippen LogP contribution in [0.2, 0.25) is 0 Å². The molecule has 4 heteroatoms. The number of rotatable bonds is 2. The summed E-state index contributed by atoms with van der Waals surface area (Å²) in [5.41, 5.74) is 13.1. The molecule has 0 saturated heterocycles. The van der Waals surface area contributed by atoms with Crippen LogP contribution in [0.1, 0.15) is 13.8 Å². The molecule has 2 aliphatic rings. The van der Waals surface area contributed by atoms with Gasteiger partial charge in [0.25, 0.3) is 0 Å². The molecule has 2 rings (SSSR count). The second kappa shape index (κ2) is 5.77. The molecule has 0 aromatic heterocycles. The Morgan fingerprint density at radius 2 is 1.81 bits per heavy atom. The molecule has 2 aliphatic carbocycles. The lowest BCUT2D eigenvalue weighted by Gasteiger charge is -2.15. The van der Waals surface area contributed by atoms with Crippen LogP contribution in [0.5, 0.6) is 0 Å². The number of allylic oxidation sites excluding steroid dienone is 9. The van der Waals surface area contributed by atoms with Gasteiger partial charge in [0.05, 0.1) is 8.96 Å². The number of carbonyl (C=O) groups is 1. The van der Waals surface area contributed by atoms with Gasteiger partial charge in [0.2, 0.25) is 0 Å². The summed E-state index contributed by atoms with van der Waals surface area (Å²) in [7, 11) is 0. The van der Waals surface area contributed by atoms with Gasteiger partial charge in [0, 0.05) is 16.8 Å². The monoisotopic (exact) mass is 394 g/mol. The number of nitrogens with two attached hydrogens (primary N) is 2. The van der Waals surface area contributed by atoms with E-state index < -0.39 is 5.54 Å². The third kappa shape index (κ3) is 4.04. The van der Waals surface area contributed by atoms with Crippen molar-refractivity contribution in [1.29, 1.82) is 0 Å². The zero-order valence-electron chi connectivity index (χ0n) is 12.1. The van der Waals surface area contributed by atoms with E-state index in [0.717, 1.165) is 0 Å². The molecule has 0 amide bonds. The molecule has 0 bridgehead atoms. The molecular weight excluding hydrogens is 375 g/mol. The molecule has 4 N–H and O–H groups in total. The quantitative estimate of drug-likeness (QED) is 0.559. The van der Waals surface area contributed by atoms with E-state index in [9.17, 15) is 4.79 Å². The summed E-state index contributed by atoms with van der Waals surface area (Å²) in [5, 5.41) is 0. The molecule has 0 radical (unpaired) electrons. The van der Waals surface area contributed by atoms with Crippen LogP contribution >= 0.6 is 22.6 Å². The van der Waals surface area contributed by atoms with E-state index in [0.29, 0.717) is 16.8 Å². The van der Waals surface area contributed by atoms with E-state index >= 15 is 0 Å². The van der Waals surface area contributed by atoms with E-state index in [1.54, 1.807) is 18.2 Å².